The van der Waals surface area contributed by atoms with Crippen LogP contribution in [-0.2, 0) is 0 Å². The molecule has 0 radical (unpaired) electrons. The van der Waals surface area contributed by atoms with Gasteiger partial charge in [0, 0.05) is 10.1 Å². The molecule has 0 nitrogen and oxygen atoms in total. The molecule has 2 heteroatoms. The molecule has 1 aliphatic rings. The van der Waals surface area contributed by atoms with Gasteiger partial charge in [0.2, 0.25) is 0 Å². The average molecular weight is 168 g/mol. The highest BCUT2D eigenvalue weighted by molar-refractivity contribution is 8.02. The summed E-state index contributed by atoms with van der Waals surface area (Å²) in [5.41, 5.74) is 0. The predicted molar refractivity (Wildman–Crippen MR) is 48.4 cm³/mol. The summed E-state index contributed by atoms with van der Waals surface area (Å²) in [5.74, 6) is 0. The van der Waals surface area contributed by atoms with Gasteiger partial charge in [-0.05, 0) is 23.3 Å². The first kappa shape index (κ1) is 6.50. The zero-order valence-electron chi connectivity index (χ0n) is 5.49. The number of allylic oxidation sites excluding steroid dienone is 1. The largest absolute Gasteiger partial charge is 0.148 e. The van der Waals surface area contributed by atoms with Gasteiger partial charge in [-0.3, -0.25) is 0 Å². The van der Waals surface area contributed by atoms with Crippen LogP contribution in [0.1, 0.15) is 16.5 Å². The van der Waals surface area contributed by atoms with Crippen molar-refractivity contribution in [1.82, 2.24) is 0 Å². The van der Waals surface area contributed by atoms with Crippen LogP contribution in [-0.4, -0.2) is 0 Å². The highest BCUT2D eigenvalue weighted by atomic mass is 32.2. The molecule has 0 saturated carbocycles. The number of thioether (sulfide) groups is 1. The van der Waals surface area contributed by atoms with Crippen molar-refractivity contribution >= 4 is 23.1 Å². The lowest BCUT2D eigenvalue weighted by atomic mass is 10.2. The van der Waals surface area contributed by atoms with E-state index in [-0.39, 0.29) is 0 Å². The van der Waals surface area contributed by atoms with Crippen LogP contribution in [0.3, 0.4) is 0 Å². The van der Waals surface area contributed by atoms with Crippen molar-refractivity contribution in [2.75, 3.05) is 0 Å². The monoisotopic (exact) mass is 168 g/mol. The van der Waals surface area contributed by atoms with E-state index in [4.69, 9.17) is 0 Å². The minimum Gasteiger partial charge on any atom is -0.148 e. The van der Waals surface area contributed by atoms with Gasteiger partial charge in [-0.2, -0.15) is 0 Å². The van der Waals surface area contributed by atoms with Gasteiger partial charge >= 0.3 is 0 Å². The molecule has 1 unspecified atom stereocenters. The molecule has 0 aromatic carbocycles. The maximum Gasteiger partial charge on any atom is 0.0467 e. The summed E-state index contributed by atoms with van der Waals surface area (Å²) in [6.07, 6.45) is 3.46. The summed E-state index contributed by atoms with van der Waals surface area (Å²) in [6.45, 7) is 0. The third kappa shape index (κ3) is 1.13. The molecule has 0 amide bonds. The van der Waals surface area contributed by atoms with Crippen LogP contribution in [0.15, 0.2) is 29.0 Å². The van der Waals surface area contributed by atoms with Crippen molar-refractivity contribution in [3.63, 3.8) is 0 Å². The van der Waals surface area contributed by atoms with Crippen LogP contribution in [0.4, 0.5) is 0 Å². The quantitative estimate of drug-likeness (QED) is 0.619. The van der Waals surface area contributed by atoms with Crippen molar-refractivity contribution in [3.05, 3.63) is 33.9 Å². The lowest BCUT2D eigenvalue weighted by Crippen LogP contribution is -1.80. The number of rotatable bonds is 1. The van der Waals surface area contributed by atoms with Gasteiger partial charge < -0.3 is 0 Å². The summed E-state index contributed by atoms with van der Waals surface area (Å²) in [7, 11) is 0. The molecule has 0 N–H and O–H groups in total. The van der Waals surface area contributed by atoms with E-state index in [9.17, 15) is 0 Å². The maximum atomic E-state index is 2.25. The van der Waals surface area contributed by atoms with E-state index in [0.717, 1.165) is 5.25 Å². The normalized spacial score (nSPS) is 23.8. The van der Waals surface area contributed by atoms with Gasteiger partial charge in [-0.1, -0.05) is 12.1 Å². The summed E-state index contributed by atoms with van der Waals surface area (Å²) in [4.78, 5) is 1.51. The van der Waals surface area contributed by atoms with Gasteiger partial charge in [0.15, 0.2) is 0 Å². The second-order valence-electron chi connectivity index (χ2n) is 2.25. The Morgan fingerprint density at radius 3 is 3.10 bits per heavy atom. The topological polar surface area (TPSA) is 0 Å². The van der Waals surface area contributed by atoms with E-state index in [1.54, 1.807) is 0 Å². The van der Waals surface area contributed by atoms with Crippen LogP contribution in [0.25, 0.3) is 0 Å². The van der Waals surface area contributed by atoms with Crippen molar-refractivity contribution in [3.8, 4) is 0 Å². The minimum absolute atomic E-state index is 0.722. The highest BCUT2D eigenvalue weighted by Crippen LogP contribution is 2.40. The zero-order valence-corrected chi connectivity index (χ0v) is 7.12. The lowest BCUT2D eigenvalue weighted by Gasteiger charge is -2.02. The Bertz CT molecular complexity index is 215. The lowest BCUT2D eigenvalue weighted by molar-refractivity contribution is 1.02. The smallest absolute Gasteiger partial charge is 0.0467 e. The second kappa shape index (κ2) is 2.81. The molecule has 1 atom stereocenters. The second-order valence-corrected chi connectivity index (χ2v) is 4.34. The molecule has 52 valence electrons. The Labute approximate surface area is 69.0 Å². The third-order valence-electron chi connectivity index (χ3n) is 1.55. The van der Waals surface area contributed by atoms with Crippen molar-refractivity contribution in [2.45, 2.75) is 11.7 Å². The molecule has 0 spiro atoms. The number of hydrogen-bond donors (Lipinski definition) is 0. The van der Waals surface area contributed by atoms with Crippen LogP contribution in [0, 0.1) is 0 Å². The minimum atomic E-state index is 0.722. The fourth-order valence-electron chi connectivity index (χ4n) is 1.04. The zero-order chi connectivity index (χ0) is 6.81. The van der Waals surface area contributed by atoms with Crippen LogP contribution >= 0.6 is 23.1 Å². The fourth-order valence-corrected chi connectivity index (χ4v) is 2.94. The first-order valence-electron chi connectivity index (χ1n) is 3.31. The van der Waals surface area contributed by atoms with E-state index in [2.05, 4.69) is 29.0 Å². The Morgan fingerprint density at radius 2 is 2.50 bits per heavy atom. The molecule has 0 fully saturated rings. The molecule has 1 aromatic rings. The molecule has 1 aliphatic heterocycles. The molecule has 0 saturated heterocycles. The molecule has 0 aliphatic carbocycles. The Hall–Kier alpha value is -0.210. The maximum absolute atomic E-state index is 2.25. The SMILES string of the molecule is C1=CSC(c2cccs2)C1. The number of thiophene rings is 1. The first-order valence-corrected chi connectivity index (χ1v) is 5.13. The predicted octanol–water partition coefficient (Wildman–Crippen LogP) is 3.44. The fraction of sp³-hybridized carbons (Fsp3) is 0.250. The summed E-state index contributed by atoms with van der Waals surface area (Å²) < 4.78 is 0. The van der Waals surface area contributed by atoms with Crippen LogP contribution in [0.2, 0.25) is 0 Å². The highest BCUT2D eigenvalue weighted by Gasteiger charge is 2.13. The summed E-state index contributed by atoms with van der Waals surface area (Å²) in [6, 6.07) is 4.34. The molecule has 2 heterocycles. The van der Waals surface area contributed by atoms with E-state index in [0.29, 0.717) is 0 Å². The van der Waals surface area contributed by atoms with Crippen molar-refractivity contribution < 1.29 is 0 Å². The third-order valence-corrected chi connectivity index (χ3v) is 3.81. The Balaban J connectivity index is 2.14. The van der Waals surface area contributed by atoms with E-state index >= 15 is 0 Å². The van der Waals surface area contributed by atoms with Gasteiger partial charge in [-0.15, -0.1) is 23.1 Å². The Kier molecular flexibility index (Phi) is 1.82. The molecular formula is C8H8S2. The van der Waals surface area contributed by atoms with E-state index in [1.807, 2.05) is 23.1 Å². The summed E-state index contributed by atoms with van der Waals surface area (Å²) >= 11 is 3.79. The van der Waals surface area contributed by atoms with E-state index < -0.39 is 0 Å². The average Bonchev–Trinajstić information content (AvgIpc) is 2.59. The molecule has 10 heavy (non-hydrogen) atoms. The van der Waals surface area contributed by atoms with Crippen molar-refractivity contribution in [2.24, 2.45) is 0 Å². The molecule has 1 aromatic heterocycles. The van der Waals surface area contributed by atoms with E-state index in [1.165, 1.54) is 11.3 Å². The molecule has 2 rings (SSSR count). The Morgan fingerprint density at radius 1 is 1.50 bits per heavy atom. The standard InChI is InChI=1S/C8H8S2/c1-3-7(9-5-1)8-4-2-6-10-8/h1-3,5-6,8H,4H2. The van der Waals surface area contributed by atoms with Gasteiger partial charge in [-0.25, -0.2) is 0 Å². The molecule has 0 bridgehead atoms. The van der Waals surface area contributed by atoms with Gasteiger partial charge in [0.25, 0.3) is 0 Å². The number of hydrogen-bond acceptors (Lipinski definition) is 2. The van der Waals surface area contributed by atoms with Crippen LogP contribution < -0.4 is 0 Å². The van der Waals surface area contributed by atoms with Gasteiger partial charge in [0.1, 0.15) is 0 Å². The summed E-state index contributed by atoms with van der Waals surface area (Å²) in [5, 5.41) is 5.07. The van der Waals surface area contributed by atoms with Crippen molar-refractivity contribution in [1.29, 1.82) is 0 Å². The van der Waals surface area contributed by atoms with Crippen LogP contribution in [0.5, 0.6) is 0 Å². The van der Waals surface area contributed by atoms with Gasteiger partial charge in [0.05, 0.1) is 0 Å². The first-order chi connectivity index (χ1) is 4.97. The molecular weight excluding hydrogens is 160 g/mol.